The molecule has 332 valence electrons. The average Bonchev–Trinajstić information content (AvgIpc) is 3.69. The molecule has 0 aliphatic heterocycles. The lowest BCUT2D eigenvalue weighted by Gasteiger charge is -2.35. The molecule has 0 aliphatic rings. The maximum Gasteiger partial charge on any atom is 0.136 e. The van der Waals surface area contributed by atoms with Crippen LogP contribution in [0.5, 0.6) is 0 Å². The highest BCUT2D eigenvalue weighted by atomic mass is 31.2. The van der Waals surface area contributed by atoms with Gasteiger partial charge in [-0.1, -0.05) is 256 Å². The lowest BCUT2D eigenvalue weighted by atomic mass is 10.1. The number of fused-ring (bicyclic) bond motifs is 3. The minimum Gasteiger partial charge on any atom is -0.456 e. The summed E-state index contributed by atoms with van der Waals surface area (Å²) in [6.45, 7) is 14.1. The third-order valence-electron chi connectivity index (χ3n) is 13.8. The van der Waals surface area contributed by atoms with E-state index in [0.717, 1.165) is 22.3 Å². The fourth-order valence-electron chi connectivity index (χ4n) is 10.2. The van der Waals surface area contributed by atoms with Gasteiger partial charge in [0.1, 0.15) is 17.0 Å². The highest BCUT2D eigenvalue weighted by Crippen LogP contribution is 2.48. The molecule has 2 unspecified atom stereocenters. The first-order valence-electron chi connectivity index (χ1n) is 24.5. The van der Waals surface area contributed by atoms with Crippen LogP contribution in [0.25, 0.3) is 33.1 Å². The lowest BCUT2D eigenvalue weighted by molar-refractivity contribution is 0.631. The molecule has 0 aliphatic carbocycles. The number of para-hydroxylation sites is 1. The maximum absolute atomic E-state index is 16.2. The fraction of sp³-hybridized carbons (Fsp3) is 0.455. The van der Waals surface area contributed by atoms with E-state index in [4.69, 9.17) is 4.42 Å². The molecule has 0 fully saturated rings. The van der Waals surface area contributed by atoms with Crippen molar-refractivity contribution in [2.24, 2.45) is 0 Å². The van der Waals surface area contributed by atoms with Gasteiger partial charge in [-0.25, -0.2) is 4.39 Å². The summed E-state index contributed by atoms with van der Waals surface area (Å²) in [6, 6.07) is 48.4. The van der Waals surface area contributed by atoms with Crippen LogP contribution in [0.15, 0.2) is 114 Å². The molecule has 6 rings (SSSR count). The van der Waals surface area contributed by atoms with Gasteiger partial charge in [0.15, 0.2) is 0 Å². The molecule has 1 aromatic heterocycles. The van der Waals surface area contributed by atoms with Gasteiger partial charge in [-0.3, -0.25) is 4.44 Å². The quantitative estimate of drug-likeness (QED) is 0.0398. The first-order valence-corrected chi connectivity index (χ1v) is 32.0. The number of unbranched alkanes of at least 4 members (excludes halogenated alkanes) is 6. The highest BCUT2D eigenvalue weighted by molar-refractivity contribution is 7.77. The number of rotatable bonds is 26. The van der Waals surface area contributed by atoms with Gasteiger partial charge >= 0.3 is 0 Å². The molecule has 5 aromatic carbocycles. The summed E-state index contributed by atoms with van der Waals surface area (Å²) in [5.74, 6) is -0.129. The van der Waals surface area contributed by atoms with Crippen LogP contribution >= 0.6 is 16.8 Å². The normalized spacial score (nSPS) is 13.0. The smallest absolute Gasteiger partial charge is 0.136 e. The van der Waals surface area contributed by atoms with E-state index in [1.54, 1.807) is 11.3 Å². The van der Waals surface area contributed by atoms with Crippen LogP contribution < -0.4 is 26.3 Å². The molecule has 0 N–H and O–H groups in total. The zero-order chi connectivity index (χ0) is 44.0. The second kappa shape index (κ2) is 23.8. The molecular formula is C55H76FNOP2Si2. The number of hydrogen-bond acceptors (Lipinski definition) is 2. The molecule has 1 heterocycles. The lowest BCUT2D eigenvalue weighted by Crippen LogP contribution is -2.48. The summed E-state index contributed by atoms with van der Waals surface area (Å²) < 4.78 is 25.3. The highest BCUT2D eigenvalue weighted by Gasteiger charge is 2.36. The Hall–Kier alpha value is -2.92. The van der Waals surface area contributed by atoms with Gasteiger partial charge in [-0.2, -0.15) is 0 Å². The first-order chi connectivity index (χ1) is 30.3. The van der Waals surface area contributed by atoms with Crippen LogP contribution in [0.1, 0.15) is 119 Å². The third kappa shape index (κ3) is 11.3. The number of hydrogen-bond donors (Lipinski definition) is 0. The minimum atomic E-state index is -1.84. The van der Waals surface area contributed by atoms with Crippen molar-refractivity contribution >= 4 is 81.2 Å². The predicted octanol–water partition coefficient (Wildman–Crippen LogP) is 15.7. The van der Waals surface area contributed by atoms with Gasteiger partial charge in [-0.15, -0.1) is 0 Å². The molecule has 0 spiro atoms. The van der Waals surface area contributed by atoms with E-state index in [0.29, 0.717) is 8.73 Å². The Morgan fingerprint density at radius 1 is 0.532 bits per heavy atom. The van der Waals surface area contributed by atoms with Crippen LogP contribution in [0.4, 0.5) is 4.39 Å². The zero-order valence-electron chi connectivity index (χ0n) is 39.3. The fourth-order valence-corrected chi connectivity index (χ4v) is 25.6. The van der Waals surface area contributed by atoms with Gasteiger partial charge in [0, 0.05) is 29.7 Å². The molecule has 6 aromatic rings. The molecule has 0 saturated heterocycles. The van der Waals surface area contributed by atoms with Crippen molar-refractivity contribution in [2.75, 3.05) is 7.05 Å². The molecule has 0 amide bonds. The Morgan fingerprint density at radius 2 is 1.03 bits per heavy atom. The second-order valence-corrected chi connectivity index (χ2v) is 31.5. The van der Waals surface area contributed by atoms with Crippen LogP contribution in [-0.4, -0.2) is 27.6 Å². The number of benzene rings is 5. The van der Waals surface area contributed by atoms with Gasteiger partial charge in [-0.05, 0) is 50.2 Å². The van der Waals surface area contributed by atoms with Crippen molar-refractivity contribution in [2.45, 2.75) is 155 Å². The first kappa shape index (κ1) is 48.5. The van der Waals surface area contributed by atoms with Gasteiger partial charge in [0.25, 0.3) is 0 Å². The summed E-state index contributed by atoms with van der Waals surface area (Å²) in [4.78, 5) is 0. The predicted molar refractivity (Wildman–Crippen MR) is 283 cm³/mol. The summed E-state index contributed by atoms with van der Waals surface area (Å²) >= 11 is 0. The van der Waals surface area contributed by atoms with Gasteiger partial charge < -0.3 is 4.42 Å². The molecule has 2 atom stereocenters. The van der Waals surface area contributed by atoms with E-state index in [1.165, 1.54) is 145 Å². The summed E-state index contributed by atoms with van der Waals surface area (Å²) in [7, 11) is -1.84. The number of nitrogens with zero attached hydrogens (tertiary/aromatic N) is 1. The van der Waals surface area contributed by atoms with Crippen LogP contribution in [0.2, 0.25) is 36.3 Å². The SMILES string of the molecule is CCCC[Si](CCCC)(CCCC)c1ccc(P(c2cccc3oc4ccccc4c23)N(C)Pc2ccc([Si](CCCC)(CCCC)CCCC)cc2-c2ccccc2F)cc1. The Bertz CT molecular complexity index is 2250. The Morgan fingerprint density at radius 3 is 1.60 bits per heavy atom. The Balaban J connectivity index is 1.51. The minimum absolute atomic E-state index is 0.129. The topological polar surface area (TPSA) is 16.4 Å². The van der Waals surface area contributed by atoms with E-state index >= 15 is 4.39 Å². The molecule has 2 nitrogen and oxygen atoms in total. The zero-order valence-corrected chi connectivity index (χ0v) is 43.2. The largest absolute Gasteiger partial charge is 0.456 e. The van der Waals surface area contributed by atoms with Crippen molar-refractivity contribution in [1.82, 2.24) is 4.44 Å². The molecule has 62 heavy (non-hydrogen) atoms. The van der Waals surface area contributed by atoms with Crippen molar-refractivity contribution in [3.63, 3.8) is 0 Å². The average molecular weight is 904 g/mol. The maximum atomic E-state index is 16.2. The van der Waals surface area contributed by atoms with Crippen molar-refractivity contribution < 1.29 is 8.81 Å². The number of furan rings is 1. The monoisotopic (exact) mass is 903 g/mol. The van der Waals surface area contributed by atoms with Crippen LogP contribution in [0.3, 0.4) is 0 Å². The summed E-state index contributed by atoms with van der Waals surface area (Å²) in [5, 5.41) is 9.51. The van der Waals surface area contributed by atoms with E-state index in [-0.39, 0.29) is 5.82 Å². The van der Waals surface area contributed by atoms with Gasteiger partial charge in [0.05, 0.1) is 16.1 Å². The molecule has 0 radical (unpaired) electrons. The van der Waals surface area contributed by atoms with E-state index in [1.807, 2.05) is 18.2 Å². The molecule has 7 heteroatoms. The number of halogens is 1. The van der Waals surface area contributed by atoms with Crippen LogP contribution in [-0.2, 0) is 0 Å². The molecule has 0 bridgehead atoms. The van der Waals surface area contributed by atoms with Crippen molar-refractivity contribution in [3.8, 4) is 11.1 Å². The second-order valence-electron chi connectivity index (χ2n) is 18.2. The van der Waals surface area contributed by atoms with E-state index < -0.39 is 24.2 Å². The molecular weight excluding hydrogens is 828 g/mol. The van der Waals surface area contributed by atoms with Crippen LogP contribution in [0, 0.1) is 5.82 Å². The molecule has 0 saturated carbocycles. The van der Waals surface area contributed by atoms with E-state index in [2.05, 4.69) is 138 Å². The van der Waals surface area contributed by atoms with Crippen molar-refractivity contribution in [1.29, 1.82) is 0 Å². The third-order valence-corrected chi connectivity index (χ3v) is 28.8. The standard InChI is InChI=1S/C55H76FNOP2Si2/c1-8-14-37-61(38-15-9-2,39-16-10-3)45-33-31-44(32-34-45)60(54-30-24-29-52-55(54)48-26-21-23-28-51(48)58-52)57(7)59-53-36-35-46(43-49(53)47-25-20-22-27-50(47)56)62(40-17-11-4,41-18-12-5)42-19-13-6/h20-36,43,59H,8-19,37-42H2,1-7H3. The Kier molecular flexibility index (Phi) is 18.7. The summed E-state index contributed by atoms with van der Waals surface area (Å²) in [6.07, 6.45) is 15.3. The van der Waals surface area contributed by atoms with E-state index in [9.17, 15) is 0 Å². The van der Waals surface area contributed by atoms with Crippen molar-refractivity contribution in [3.05, 3.63) is 115 Å². The van der Waals surface area contributed by atoms with Gasteiger partial charge in [0.2, 0.25) is 0 Å². The summed E-state index contributed by atoms with van der Waals surface area (Å²) in [5.41, 5.74) is 3.70. The Labute approximate surface area is 380 Å².